The van der Waals surface area contributed by atoms with Gasteiger partial charge in [0.2, 0.25) is 0 Å². The van der Waals surface area contributed by atoms with Crippen LogP contribution >= 0.6 is 0 Å². The molecule has 0 fully saturated rings. The van der Waals surface area contributed by atoms with Crippen LogP contribution in [0, 0.1) is 0 Å². The number of carbonyl (C=O) groups excluding carboxylic acids is 1. The van der Waals surface area contributed by atoms with Crippen LogP contribution in [0.25, 0.3) is 5.57 Å². The van der Waals surface area contributed by atoms with Crippen molar-refractivity contribution in [3.63, 3.8) is 0 Å². The fourth-order valence-electron chi connectivity index (χ4n) is 1.81. The highest BCUT2D eigenvalue weighted by Gasteiger charge is 2.10. The van der Waals surface area contributed by atoms with E-state index >= 15 is 0 Å². The van der Waals surface area contributed by atoms with Gasteiger partial charge < -0.3 is 4.74 Å². The van der Waals surface area contributed by atoms with Crippen LogP contribution in [0.2, 0.25) is 0 Å². The summed E-state index contributed by atoms with van der Waals surface area (Å²) in [5.41, 5.74) is 1.55. The summed E-state index contributed by atoms with van der Waals surface area (Å²) in [5.74, 6) is 0.144. The molecule has 4 nitrogen and oxygen atoms in total. The minimum Gasteiger partial charge on any atom is -0.463 e. The van der Waals surface area contributed by atoms with E-state index in [1.165, 1.54) is 6.08 Å². The van der Waals surface area contributed by atoms with E-state index in [2.05, 4.69) is 16.9 Å². The molecule has 108 valence electrons. The first-order valence-corrected chi connectivity index (χ1v) is 7.02. The van der Waals surface area contributed by atoms with Gasteiger partial charge in [0.1, 0.15) is 0 Å². The van der Waals surface area contributed by atoms with Crippen LogP contribution in [0.3, 0.4) is 0 Å². The normalized spacial score (nSPS) is 11.2. The van der Waals surface area contributed by atoms with Crippen molar-refractivity contribution in [2.75, 3.05) is 6.61 Å². The Morgan fingerprint density at radius 1 is 1.14 bits per heavy atom. The number of benzene rings is 1. The van der Waals surface area contributed by atoms with E-state index in [-0.39, 0.29) is 5.97 Å². The lowest BCUT2D eigenvalue weighted by Gasteiger charge is -2.06. The molecule has 0 amide bonds. The Kier molecular flexibility index (Phi) is 5.64. The summed E-state index contributed by atoms with van der Waals surface area (Å²) in [6.45, 7) is 2.49. The number of nitrogens with zero attached hydrogens (tertiary/aromatic N) is 2. The molecule has 1 aromatic carbocycles. The van der Waals surface area contributed by atoms with Crippen LogP contribution in [0.15, 0.2) is 54.9 Å². The average molecular weight is 282 g/mol. The van der Waals surface area contributed by atoms with E-state index in [0.29, 0.717) is 18.0 Å². The van der Waals surface area contributed by atoms with Crippen LogP contribution < -0.4 is 0 Å². The summed E-state index contributed by atoms with van der Waals surface area (Å²) >= 11 is 0. The Labute approximate surface area is 124 Å². The van der Waals surface area contributed by atoms with Crippen LogP contribution in [0.5, 0.6) is 0 Å². The van der Waals surface area contributed by atoms with Gasteiger partial charge in [0, 0.05) is 24.0 Å². The van der Waals surface area contributed by atoms with Gasteiger partial charge in [-0.2, -0.15) is 0 Å². The van der Waals surface area contributed by atoms with Crippen molar-refractivity contribution in [2.45, 2.75) is 19.8 Å². The van der Waals surface area contributed by atoms with E-state index < -0.39 is 0 Å². The molecule has 0 spiro atoms. The van der Waals surface area contributed by atoms with Crippen LogP contribution in [0.1, 0.15) is 31.2 Å². The zero-order chi connectivity index (χ0) is 14.9. The molecule has 0 radical (unpaired) electrons. The summed E-state index contributed by atoms with van der Waals surface area (Å²) in [6.07, 6.45) is 6.62. The van der Waals surface area contributed by atoms with Gasteiger partial charge >= 0.3 is 5.97 Å². The first kappa shape index (κ1) is 14.9. The zero-order valence-electron chi connectivity index (χ0n) is 12.0. The van der Waals surface area contributed by atoms with Crippen molar-refractivity contribution in [3.8, 4) is 0 Å². The van der Waals surface area contributed by atoms with Crippen molar-refractivity contribution in [2.24, 2.45) is 0 Å². The molecule has 0 aliphatic heterocycles. The topological polar surface area (TPSA) is 52.1 Å². The molecule has 0 aliphatic rings. The van der Waals surface area contributed by atoms with E-state index in [1.54, 1.807) is 18.5 Å². The van der Waals surface area contributed by atoms with Crippen LogP contribution in [-0.4, -0.2) is 22.5 Å². The molecule has 0 unspecified atom stereocenters. The maximum atomic E-state index is 11.9. The van der Waals surface area contributed by atoms with Gasteiger partial charge in [-0.3, -0.25) is 0 Å². The highest BCUT2D eigenvalue weighted by Crippen LogP contribution is 2.19. The lowest BCUT2D eigenvalue weighted by Crippen LogP contribution is -2.05. The SMILES string of the molecule is CCCCOC(=O)/C=C(/c1ccccc1)c1ncccn1. The summed E-state index contributed by atoms with van der Waals surface area (Å²) < 4.78 is 5.19. The van der Waals surface area contributed by atoms with Gasteiger partial charge in [-0.15, -0.1) is 0 Å². The second kappa shape index (κ2) is 7.94. The molecule has 0 saturated heterocycles. The second-order valence-electron chi connectivity index (χ2n) is 4.52. The Morgan fingerprint density at radius 3 is 2.52 bits per heavy atom. The van der Waals surface area contributed by atoms with Gasteiger partial charge in [-0.1, -0.05) is 43.7 Å². The number of esters is 1. The molecule has 1 aromatic heterocycles. The van der Waals surface area contributed by atoms with Gasteiger partial charge in [-0.05, 0) is 18.1 Å². The highest BCUT2D eigenvalue weighted by atomic mass is 16.5. The lowest BCUT2D eigenvalue weighted by atomic mass is 10.0. The first-order valence-electron chi connectivity index (χ1n) is 7.02. The maximum Gasteiger partial charge on any atom is 0.331 e. The molecule has 0 saturated carbocycles. The molecule has 2 aromatic rings. The molecular weight excluding hydrogens is 264 g/mol. The van der Waals surface area contributed by atoms with Gasteiger partial charge in [0.15, 0.2) is 5.82 Å². The molecule has 0 aliphatic carbocycles. The molecular formula is C17H18N2O2. The van der Waals surface area contributed by atoms with Crippen molar-refractivity contribution in [1.82, 2.24) is 9.97 Å². The molecule has 2 rings (SSSR count). The Bertz CT molecular complexity index is 553. The predicted octanol–water partition coefficient (Wildman–Crippen LogP) is 3.25. The minimum absolute atomic E-state index is 0.366. The van der Waals surface area contributed by atoms with Crippen molar-refractivity contribution < 1.29 is 9.53 Å². The maximum absolute atomic E-state index is 11.9. The summed E-state index contributed by atoms with van der Waals surface area (Å²) in [5, 5.41) is 0. The molecule has 0 bridgehead atoms. The third-order valence-electron chi connectivity index (χ3n) is 2.90. The smallest absolute Gasteiger partial charge is 0.331 e. The fraction of sp³-hybridized carbons (Fsp3) is 0.235. The monoisotopic (exact) mass is 282 g/mol. The fourth-order valence-corrected chi connectivity index (χ4v) is 1.81. The van der Waals surface area contributed by atoms with Gasteiger partial charge in [-0.25, -0.2) is 14.8 Å². The number of ether oxygens (including phenoxy) is 1. The van der Waals surface area contributed by atoms with Crippen molar-refractivity contribution in [3.05, 3.63) is 66.3 Å². The quantitative estimate of drug-likeness (QED) is 0.463. The third kappa shape index (κ3) is 4.53. The summed E-state index contributed by atoms with van der Waals surface area (Å²) in [6, 6.07) is 11.3. The molecule has 0 N–H and O–H groups in total. The third-order valence-corrected chi connectivity index (χ3v) is 2.90. The Morgan fingerprint density at radius 2 is 1.86 bits per heavy atom. The van der Waals surface area contributed by atoms with Gasteiger partial charge in [0.25, 0.3) is 0 Å². The van der Waals surface area contributed by atoms with E-state index in [4.69, 9.17) is 4.74 Å². The zero-order valence-corrected chi connectivity index (χ0v) is 12.0. The number of carbonyl (C=O) groups is 1. The predicted molar refractivity (Wildman–Crippen MR) is 81.4 cm³/mol. The minimum atomic E-state index is -0.366. The molecule has 4 heteroatoms. The molecule has 0 atom stereocenters. The lowest BCUT2D eigenvalue weighted by molar-refractivity contribution is -0.137. The number of unbranched alkanes of at least 4 members (excludes halogenated alkanes) is 1. The van der Waals surface area contributed by atoms with Crippen molar-refractivity contribution in [1.29, 1.82) is 0 Å². The van der Waals surface area contributed by atoms with Crippen LogP contribution in [-0.2, 0) is 9.53 Å². The number of rotatable bonds is 6. The summed E-state index contributed by atoms with van der Waals surface area (Å²) in [7, 11) is 0. The second-order valence-corrected chi connectivity index (χ2v) is 4.52. The number of hydrogen-bond acceptors (Lipinski definition) is 4. The average Bonchev–Trinajstić information content (AvgIpc) is 2.54. The standard InChI is InChI=1S/C17H18N2O2/c1-2-3-12-21-16(20)13-15(14-8-5-4-6-9-14)17-18-10-7-11-19-17/h4-11,13H,2-3,12H2,1H3/b15-13-. The molecule has 1 heterocycles. The Hall–Kier alpha value is -2.49. The van der Waals surface area contributed by atoms with Crippen LogP contribution in [0.4, 0.5) is 0 Å². The van der Waals surface area contributed by atoms with Gasteiger partial charge in [0.05, 0.1) is 6.61 Å². The van der Waals surface area contributed by atoms with E-state index in [9.17, 15) is 4.79 Å². The van der Waals surface area contributed by atoms with Crippen molar-refractivity contribution >= 4 is 11.5 Å². The summed E-state index contributed by atoms with van der Waals surface area (Å²) in [4.78, 5) is 20.4. The number of aromatic nitrogens is 2. The number of hydrogen-bond donors (Lipinski definition) is 0. The van der Waals surface area contributed by atoms with E-state index in [1.807, 2.05) is 30.3 Å². The first-order chi connectivity index (χ1) is 10.3. The Balaban J connectivity index is 2.27. The molecule has 21 heavy (non-hydrogen) atoms. The largest absolute Gasteiger partial charge is 0.463 e. The highest BCUT2D eigenvalue weighted by molar-refractivity contribution is 5.94. The van der Waals surface area contributed by atoms with E-state index in [0.717, 1.165) is 18.4 Å².